The second-order valence-corrected chi connectivity index (χ2v) is 3.74. The lowest BCUT2D eigenvalue weighted by atomic mass is 10.1. The second kappa shape index (κ2) is 5.79. The van der Waals surface area contributed by atoms with E-state index in [1.165, 1.54) is 0 Å². The average Bonchev–Trinajstić information content (AvgIpc) is 2.04. The summed E-state index contributed by atoms with van der Waals surface area (Å²) >= 11 is 0. The standard InChI is InChI=1S/C11H20O2/c1-5-7-8-9-10(12)13-11(3,4)6-2/h6H,2,5,7-9H2,1,3-4H3. The molecule has 76 valence electrons. The Bertz CT molecular complexity index is 171. The highest BCUT2D eigenvalue weighted by Crippen LogP contribution is 2.12. The zero-order valence-electron chi connectivity index (χ0n) is 8.93. The van der Waals surface area contributed by atoms with Crippen molar-refractivity contribution in [2.45, 2.75) is 52.1 Å². The van der Waals surface area contributed by atoms with Gasteiger partial charge in [-0.05, 0) is 26.3 Å². The molecule has 0 amide bonds. The van der Waals surface area contributed by atoms with E-state index in [4.69, 9.17) is 4.74 Å². The van der Waals surface area contributed by atoms with Crippen LogP contribution < -0.4 is 0 Å². The lowest BCUT2D eigenvalue weighted by molar-refractivity contribution is -0.152. The first-order chi connectivity index (χ1) is 6.02. The maximum atomic E-state index is 11.2. The smallest absolute Gasteiger partial charge is 0.306 e. The summed E-state index contributed by atoms with van der Waals surface area (Å²) in [5.74, 6) is -0.127. The molecule has 0 fully saturated rings. The molecule has 0 radical (unpaired) electrons. The van der Waals surface area contributed by atoms with Crippen LogP contribution in [0.2, 0.25) is 0 Å². The van der Waals surface area contributed by atoms with Crippen molar-refractivity contribution >= 4 is 5.97 Å². The van der Waals surface area contributed by atoms with Gasteiger partial charge in [-0.1, -0.05) is 26.3 Å². The molecule has 0 aromatic rings. The van der Waals surface area contributed by atoms with Crippen LogP contribution in [0.4, 0.5) is 0 Å². The monoisotopic (exact) mass is 184 g/mol. The molecule has 0 aliphatic heterocycles. The first-order valence-corrected chi connectivity index (χ1v) is 4.87. The van der Waals surface area contributed by atoms with Crippen LogP contribution in [-0.2, 0) is 9.53 Å². The molecule has 0 aromatic heterocycles. The van der Waals surface area contributed by atoms with Crippen LogP contribution in [0.25, 0.3) is 0 Å². The number of hydrogen-bond donors (Lipinski definition) is 0. The molecule has 0 unspecified atom stereocenters. The van der Waals surface area contributed by atoms with E-state index in [0.29, 0.717) is 6.42 Å². The number of carbonyl (C=O) groups is 1. The SMILES string of the molecule is C=CC(C)(C)OC(=O)CCCCC. The van der Waals surface area contributed by atoms with Gasteiger partial charge >= 0.3 is 5.97 Å². The third-order valence-electron chi connectivity index (χ3n) is 1.85. The van der Waals surface area contributed by atoms with Crippen LogP contribution >= 0.6 is 0 Å². The van der Waals surface area contributed by atoms with E-state index in [-0.39, 0.29) is 5.97 Å². The van der Waals surface area contributed by atoms with Gasteiger partial charge in [0.25, 0.3) is 0 Å². The molecule has 0 atom stereocenters. The molecule has 0 aliphatic rings. The predicted molar refractivity (Wildman–Crippen MR) is 54.5 cm³/mol. The first-order valence-electron chi connectivity index (χ1n) is 4.87. The Labute approximate surface area is 81.0 Å². The van der Waals surface area contributed by atoms with E-state index in [9.17, 15) is 4.79 Å². The van der Waals surface area contributed by atoms with Crippen molar-refractivity contribution in [2.75, 3.05) is 0 Å². The van der Waals surface area contributed by atoms with Gasteiger partial charge in [0.2, 0.25) is 0 Å². The van der Waals surface area contributed by atoms with Crippen LogP contribution in [0.5, 0.6) is 0 Å². The van der Waals surface area contributed by atoms with Gasteiger partial charge in [0.05, 0.1) is 0 Å². The zero-order valence-corrected chi connectivity index (χ0v) is 8.93. The van der Waals surface area contributed by atoms with Crippen molar-refractivity contribution in [3.8, 4) is 0 Å². The summed E-state index contributed by atoms with van der Waals surface area (Å²) in [5, 5.41) is 0. The van der Waals surface area contributed by atoms with E-state index in [2.05, 4.69) is 13.5 Å². The topological polar surface area (TPSA) is 26.3 Å². The van der Waals surface area contributed by atoms with Crippen LogP contribution in [0, 0.1) is 0 Å². The lowest BCUT2D eigenvalue weighted by Gasteiger charge is -2.20. The Morgan fingerprint density at radius 3 is 2.54 bits per heavy atom. The summed E-state index contributed by atoms with van der Waals surface area (Å²) in [7, 11) is 0. The average molecular weight is 184 g/mol. The molecular weight excluding hydrogens is 164 g/mol. The number of rotatable bonds is 6. The highest BCUT2D eigenvalue weighted by atomic mass is 16.6. The highest BCUT2D eigenvalue weighted by molar-refractivity contribution is 5.70. The predicted octanol–water partition coefficient (Wildman–Crippen LogP) is 3.07. The molecule has 0 aliphatic carbocycles. The molecule has 0 saturated carbocycles. The van der Waals surface area contributed by atoms with Crippen LogP contribution in [-0.4, -0.2) is 11.6 Å². The fourth-order valence-electron chi connectivity index (χ4n) is 0.905. The number of hydrogen-bond acceptors (Lipinski definition) is 2. The second-order valence-electron chi connectivity index (χ2n) is 3.74. The van der Waals surface area contributed by atoms with Crippen molar-refractivity contribution in [2.24, 2.45) is 0 Å². The van der Waals surface area contributed by atoms with Gasteiger partial charge in [0, 0.05) is 6.42 Å². The third kappa shape index (κ3) is 6.38. The summed E-state index contributed by atoms with van der Waals surface area (Å²) in [5.41, 5.74) is -0.525. The maximum absolute atomic E-state index is 11.2. The van der Waals surface area contributed by atoms with Crippen molar-refractivity contribution < 1.29 is 9.53 Å². The molecule has 13 heavy (non-hydrogen) atoms. The number of carbonyl (C=O) groups excluding carboxylic acids is 1. The van der Waals surface area contributed by atoms with Crippen LogP contribution in [0.15, 0.2) is 12.7 Å². The van der Waals surface area contributed by atoms with Gasteiger partial charge < -0.3 is 4.74 Å². The summed E-state index contributed by atoms with van der Waals surface area (Å²) < 4.78 is 5.18. The van der Waals surface area contributed by atoms with Crippen molar-refractivity contribution in [3.63, 3.8) is 0 Å². The molecule has 0 bridgehead atoms. The van der Waals surface area contributed by atoms with Crippen molar-refractivity contribution in [1.29, 1.82) is 0 Å². The molecule has 0 rings (SSSR count). The number of unbranched alkanes of at least 4 members (excludes halogenated alkanes) is 2. The summed E-state index contributed by atoms with van der Waals surface area (Å²) in [6.07, 6.45) is 5.29. The summed E-state index contributed by atoms with van der Waals surface area (Å²) in [6, 6.07) is 0. The van der Waals surface area contributed by atoms with Gasteiger partial charge in [0.15, 0.2) is 0 Å². The van der Waals surface area contributed by atoms with Crippen molar-refractivity contribution in [3.05, 3.63) is 12.7 Å². The Kier molecular flexibility index (Phi) is 5.44. The van der Waals surface area contributed by atoms with Crippen LogP contribution in [0.1, 0.15) is 46.5 Å². The van der Waals surface area contributed by atoms with Crippen LogP contribution in [0.3, 0.4) is 0 Å². The molecule has 0 heterocycles. The molecule has 2 nitrogen and oxygen atoms in total. The molecular formula is C11H20O2. The van der Waals surface area contributed by atoms with E-state index in [1.807, 2.05) is 13.8 Å². The van der Waals surface area contributed by atoms with Crippen molar-refractivity contribution in [1.82, 2.24) is 0 Å². The third-order valence-corrected chi connectivity index (χ3v) is 1.85. The normalized spacial score (nSPS) is 11.0. The van der Waals surface area contributed by atoms with Gasteiger partial charge in [-0.25, -0.2) is 0 Å². The van der Waals surface area contributed by atoms with E-state index in [0.717, 1.165) is 19.3 Å². The Balaban J connectivity index is 3.68. The Morgan fingerprint density at radius 1 is 1.46 bits per heavy atom. The quantitative estimate of drug-likeness (QED) is 0.360. The number of ether oxygens (including phenoxy) is 1. The highest BCUT2D eigenvalue weighted by Gasteiger charge is 2.17. The van der Waals surface area contributed by atoms with Gasteiger partial charge in [-0.3, -0.25) is 4.79 Å². The minimum Gasteiger partial charge on any atom is -0.455 e. The Morgan fingerprint density at radius 2 is 2.08 bits per heavy atom. The van der Waals surface area contributed by atoms with Gasteiger partial charge in [0.1, 0.15) is 5.60 Å². The number of esters is 1. The summed E-state index contributed by atoms with van der Waals surface area (Å²) in [6.45, 7) is 9.38. The van der Waals surface area contributed by atoms with E-state index >= 15 is 0 Å². The Hall–Kier alpha value is -0.790. The zero-order chi connectivity index (χ0) is 10.3. The summed E-state index contributed by atoms with van der Waals surface area (Å²) in [4.78, 5) is 11.2. The fourth-order valence-corrected chi connectivity index (χ4v) is 0.905. The minimum atomic E-state index is -0.525. The molecule has 0 aromatic carbocycles. The largest absolute Gasteiger partial charge is 0.455 e. The van der Waals surface area contributed by atoms with Gasteiger partial charge in [-0.2, -0.15) is 0 Å². The minimum absolute atomic E-state index is 0.127. The van der Waals surface area contributed by atoms with Gasteiger partial charge in [-0.15, -0.1) is 0 Å². The molecule has 0 N–H and O–H groups in total. The molecule has 0 saturated heterocycles. The lowest BCUT2D eigenvalue weighted by Crippen LogP contribution is -2.24. The van der Waals surface area contributed by atoms with E-state index in [1.54, 1.807) is 6.08 Å². The fraction of sp³-hybridized carbons (Fsp3) is 0.727. The maximum Gasteiger partial charge on any atom is 0.306 e. The first kappa shape index (κ1) is 12.2. The molecule has 0 spiro atoms. The molecule has 2 heteroatoms. The van der Waals surface area contributed by atoms with E-state index < -0.39 is 5.60 Å².